The standard InChI is InChI=1S/C20H29N3O2/c1-20(2,3)17(21-14-8-5-4-6-9-14)19(25)23-13-7-10-16(23)18(24)22-15-11-12-15/h4-6,8-9,15-17,21H,7,10-13H2,1-3H3,(H,22,24)/t16-,17?/m0/s1. The molecule has 2 N–H and O–H groups in total. The molecule has 5 nitrogen and oxygen atoms in total. The molecule has 136 valence electrons. The van der Waals surface area contributed by atoms with Crippen LogP contribution in [0.1, 0.15) is 46.5 Å². The van der Waals surface area contributed by atoms with Crippen molar-refractivity contribution in [2.24, 2.45) is 5.41 Å². The van der Waals surface area contributed by atoms with E-state index < -0.39 is 0 Å². The van der Waals surface area contributed by atoms with E-state index in [0.717, 1.165) is 31.4 Å². The Morgan fingerprint density at radius 2 is 1.80 bits per heavy atom. The number of hydrogen-bond acceptors (Lipinski definition) is 3. The topological polar surface area (TPSA) is 61.4 Å². The van der Waals surface area contributed by atoms with Crippen LogP contribution in [0.3, 0.4) is 0 Å². The SMILES string of the molecule is CC(C)(C)C(Nc1ccccc1)C(=O)N1CCC[C@H]1C(=O)NC1CC1. The summed E-state index contributed by atoms with van der Waals surface area (Å²) < 4.78 is 0. The van der Waals surface area contributed by atoms with Crippen molar-refractivity contribution < 1.29 is 9.59 Å². The summed E-state index contributed by atoms with van der Waals surface area (Å²) in [6.45, 7) is 6.83. The van der Waals surface area contributed by atoms with Gasteiger partial charge < -0.3 is 15.5 Å². The molecule has 25 heavy (non-hydrogen) atoms. The molecule has 2 atom stereocenters. The Morgan fingerprint density at radius 3 is 2.40 bits per heavy atom. The number of nitrogens with zero attached hydrogens (tertiary/aromatic N) is 1. The van der Waals surface area contributed by atoms with Crippen LogP contribution in [-0.4, -0.2) is 41.4 Å². The maximum absolute atomic E-state index is 13.3. The number of nitrogens with one attached hydrogen (secondary N) is 2. The monoisotopic (exact) mass is 343 g/mol. The highest BCUT2D eigenvalue weighted by atomic mass is 16.2. The maximum atomic E-state index is 13.3. The van der Waals surface area contributed by atoms with Crippen LogP contribution in [0.5, 0.6) is 0 Å². The number of amides is 2. The van der Waals surface area contributed by atoms with Gasteiger partial charge in [-0.1, -0.05) is 39.0 Å². The summed E-state index contributed by atoms with van der Waals surface area (Å²) in [5.74, 6) is 0.0329. The quantitative estimate of drug-likeness (QED) is 0.864. The van der Waals surface area contributed by atoms with Crippen molar-refractivity contribution in [2.45, 2.75) is 64.6 Å². The van der Waals surface area contributed by atoms with Gasteiger partial charge in [0.1, 0.15) is 12.1 Å². The summed E-state index contributed by atoms with van der Waals surface area (Å²) in [7, 11) is 0. The first-order valence-corrected chi connectivity index (χ1v) is 9.29. The molecule has 1 heterocycles. The van der Waals surface area contributed by atoms with Crippen molar-refractivity contribution in [2.75, 3.05) is 11.9 Å². The van der Waals surface area contributed by atoms with Crippen molar-refractivity contribution in [3.8, 4) is 0 Å². The van der Waals surface area contributed by atoms with E-state index in [9.17, 15) is 9.59 Å². The third kappa shape index (κ3) is 4.33. The van der Waals surface area contributed by atoms with Crippen molar-refractivity contribution in [3.05, 3.63) is 30.3 Å². The molecule has 1 aliphatic carbocycles. The fraction of sp³-hybridized carbons (Fsp3) is 0.600. The minimum atomic E-state index is -0.371. The second kappa shape index (κ2) is 7.06. The molecule has 2 amide bonds. The lowest BCUT2D eigenvalue weighted by atomic mass is 9.85. The van der Waals surface area contributed by atoms with Crippen LogP contribution in [0.2, 0.25) is 0 Å². The lowest BCUT2D eigenvalue weighted by molar-refractivity contribution is -0.140. The van der Waals surface area contributed by atoms with Crippen molar-refractivity contribution in [1.82, 2.24) is 10.2 Å². The average molecular weight is 343 g/mol. The van der Waals surface area contributed by atoms with Crippen LogP contribution in [-0.2, 0) is 9.59 Å². The maximum Gasteiger partial charge on any atom is 0.246 e. The van der Waals surface area contributed by atoms with E-state index in [2.05, 4.69) is 31.4 Å². The van der Waals surface area contributed by atoms with Crippen LogP contribution in [0, 0.1) is 5.41 Å². The normalized spacial score (nSPS) is 21.7. The van der Waals surface area contributed by atoms with Crippen LogP contribution < -0.4 is 10.6 Å². The molecule has 0 bridgehead atoms. The predicted molar refractivity (Wildman–Crippen MR) is 99.2 cm³/mol. The molecule has 0 aromatic heterocycles. The Kier molecular flexibility index (Phi) is 5.02. The Morgan fingerprint density at radius 1 is 1.12 bits per heavy atom. The van der Waals surface area contributed by atoms with Gasteiger partial charge in [0.2, 0.25) is 11.8 Å². The highest BCUT2D eigenvalue weighted by molar-refractivity contribution is 5.92. The summed E-state index contributed by atoms with van der Waals surface area (Å²) in [5, 5.41) is 6.44. The lowest BCUT2D eigenvalue weighted by Crippen LogP contribution is -2.54. The fourth-order valence-corrected chi connectivity index (χ4v) is 3.34. The van der Waals surface area contributed by atoms with Gasteiger partial charge in [-0.2, -0.15) is 0 Å². The molecule has 3 rings (SSSR count). The second-order valence-electron chi connectivity index (χ2n) is 8.28. The fourth-order valence-electron chi connectivity index (χ4n) is 3.34. The molecule has 5 heteroatoms. The molecule has 1 aromatic carbocycles. The number of carbonyl (C=O) groups excluding carboxylic acids is 2. The minimum Gasteiger partial charge on any atom is -0.373 e. The van der Waals surface area contributed by atoms with E-state index in [1.54, 1.807) is 4.90 Å². The van der Waals surface area contributed by atoms with E-state index in [1.807, 2.05) is 30.3 Å². The molecule has 2 aliphatic rings. The summed E-state index contributed by atoms with van der Waals surface area (Å²) in [6.07, 6.45) is 3.77. The number of para-hydroxylation sites is 1. The van der Waals surface area contributed by atoms with Gasteiger partial charge in [-0.3, -0.25) is 9.59 Å². The van der Waals surface area contributed by atoms with E-state index in [4.69, 9.17) is 0 Å². The number of benzene rings is 1. The number of carbonyl (C=O) groups is 2. The Bertz CT molecular complexity index is 620. The molecule has 1 unspecified atom stereocenters. The molecule has 1 saturated carbocycles. The number of rotatable bonds is 5. The minimum absolute atomic E-state index is 0.0146. The van der Waals surface area contributed by atoms with E-state index in [1.165, 1.54) is 0 Å². The number of hydrogen-bond donors (Lipinski definition) is 2. The molecule has 0 spiro atoms. The zero-order valence-electron chi connectivity index (χ0n) is 15.4. The molecule has 2 fully saturated rings. The van der Waals surface area contributed by atoms with Crippen molar-refractivity contribution in [1.29, 1.82) is 0 Å². The number of anilines is 1. The summed E-state index contributed by atoms with van der Waals surface area (Å²) in [5.41, 5.74) is 0.668. The van der Waals surface area contributed by atoms with Gasteiger partial charge in [0.25, 0.3) is 0 Å². The van der Waals surface area contributed by atoms with Crippen LogP contribution in [0.15, 0.2) is 30.3 Å². The van der Waals surface area contributed by atoms with Crippen LogP contribution >= 0.6 is 0 Å². The molecular weight excluding hydrogens is 314 g/mol. The highest BCUT2D eigenvalue weighted by Gasteiger charge is 2.42. The van der Waals surface area contributed by atoms with Gasteiger partial charge in [0, 0.05) is 18.3 Å². The van der Waals surface area contributed by atoms with E-state index in [-0.39, 0.29) is 29.3 Å². The summed E-state index contributed by atoms with van der Waals surface area (Å²) in [6, 6.07) is 9.42. The molecule has 1 aromatic rings. The first-order chi connectivity index (χ1) is 11.9. The Balaban J connectivity index is 1.75. The van der Waals surface area contributed by atoms with E-state index in [0.29, 0.717) is 12.6 Å². The lowest BCUT2D eigenvalue weighted by Gasteiger charge is -2.36. The molecule has 0 radical (unpaired) electrons. The molecule has 1 saturated heterocycles. The third-order valence-electron chi connectivity index (χ3n) is 4.96. The van der Waals surface area contributed by atoms with Gasteiger partial charge in [-0.05, 0) is 43.2 Å². The van der Waals surface area contributed by atoms with Gasteiger partial charge in [0.05, 0.1) is 0 Å². The first-order valence-electron chi connectivity index (χ1n) is 9.29. The first kappa shape index (κ1) is 17.8. The average Bonchev–Trinajstić information content (AvgIpc) is 3.24. The zero-order valence-corrected chi connectivity index (χ0v) is 15.4. The van der Waals surface area contributed by atoms with E-state index >= 15 is 0 Å². The predicted octanol–water partition coefficient (Wildman–Crippen LogP) is 2.78. The smallest absolute Gasteiger partial charge is 0.246 e. The van der Waals surface area contributed by atoms with Crippen LogP contribution in [0.25, 0.3) is 0 Å². The number of likely N-dealkylation sites (tertiary alicyclic amines) is 1. The van der Waals surface area contributed by atoms with Gasteiger partial charge in [-0.25, -0.2) is 0 Å². The second-order valence-corrected chi connectivity index (χ2v) is 8.28. The molecular formula is C20H29N3O2. The van der Waals surface area contributed by atoms with Crippen molar-refractivity contribution in [3.63, 3.8) is 0 Å². The molecule has 1 aliphatic heterocycles. The van der Waals surface area contributed by atoms with Crippen molar-refractivity contribution >= 4 is 17.5 Å². The van der Waals surface area contributed by atoms with Gasteiger partial charge in [0.15, 0.2) is 0 Å². The van der Waals surface area contributed by atoms with Crippen LogP contribution in [0.4, 0.5) is 5.69 Å². The Hall–Kier alpha value is -2.04. The summed E-state index contributed by atoms with van der Waals surface area (Å²) >= 11 is 0. The Labute approximate surface area is 150 Å². The van der Waals surface area contributed by atoms with Gasteiger partial charge >= 0.3 is 0 Å². The summed E-state index contributed by atoms with van der Waals surface area (Å²) in [4.78, 5) is 27.6. The van der Waals surface area contributed by atoms with Gasteiger partial charge in [-0.15, -0.1) is 0 Å². The highest BCUT2D eigenvalue weighted by Crippen LogP contribution is 2.29. The third-order valence-corrected chi connectivity index (χ3v) is 4.96. The zero-order chi connectivity index (χ0) is 18.0. The largest absolute Gasteiger partial charge is 0.373 e.